The molecule has 0 saturated carbocycles. The molecule has 1 aliphatic rings. The molecule has 0 aliphatic carbocycles. The summed E-state index contributed by atoms with van der Waals surface area (Å²) in [5.74, 6) is 0.693. The largest absolute Gasteiger partial charge is 0.492 e. The molecule has 116 valence electrons. The van der Waals surface area contributed by atoms with Crippen LogP contribution >= 0.6 is 0 Å². The minimum atomic E-state index is -0.175. The second kappa shape index (κ2) is 6.53. The van der Waals surface area contributed by atoms with E-state index in [4.69, 9.17) is 10.00 Å². The second-order valence-electron chi connectivity index (χ2n) is 5.78. The van der Waals surface area contributed by atoms with Crippen molar-refractivity contribution in [3.05, 3.63) is 65.2 Å². The van der Waals surface area contributed by atoms with Crippen molar-refractivity contribution in [1.82, 2.24) is 5.32 Å². The first kappa shape index (κ1) is 15.1. The number of fused-ring (bicyclic) bond motifs is 1. The van der Waals surface area contributed by atoms with Crippen LogP contribution in [0, 0.1) is 17.2 Å². The number of ether oxygens (including phenoxy) is 1. The van der Waals surface area contributed by atoms with Crippen molar-refractivity contribution in [3.63, 3.8) is 0 Å². The lowest BCUT2D eigenvalue weighted by Gasteiger charge is -2.26. The zero-order valence-electron chi connectivity index (χ0n) is 13.0. The molecular formula is C19H18N2O2. The SMILES string of the molecule is CC(NC(=O)C1COc2ccccc2C1)c1ccc(C#N)cc1. The molecule has 0 spiro atoms. The number of para-hydroxylation sites is 1. The highest BCUT2D eigenvalue weighted by Gasteiger charge is 2.26. The van der Waals surface area contributed by atoms with Gasteiger partial charge in [-0.25, -0.2) is 0 Å². The van der Waals surface area contributed by atoms with E-state index in [0.717, 1.165) is 16.9 Å². The van der Waals surface area contributed by atoms with Gasteiger partial charge in [0, 0.05) is 0 Å². The average molecular weight is 306 g/mol. The van der Waals surface area contributed by atoms with Crippen LogP contribution in [0.1, 0.15) is 29.7 Å². The smallest absolute Gasteiger partial charge is 0.227 e. The van der Waals surface area contributed by atoms with Crippen molar-refractivity contribution in [2.45, 2.75) is 19.4 Å². The Morgan fingerprint density at radius 1 is 1.26 bits per heavy atom. The molecule has 1 amide bonds. The van der Waals surface area contributed by atoms with Gasteiger partial charge in [-0.3, -0.25) is 4.79 Å². The number of nitrogens with one attached hydrogen (secondary N) is 1. The highest BCUT2D eigenvalue weighted by molar-refractivity contribution is 5.80. The zero-order chi connectivity index (χ0) is 16.2. The lowest BCUT2D eigenvalue weighted by atomic mass is 9.95. The van der Waals surface area contributed by atoms with E-state index >= 15 is 0 Å². The number of nitrogens with zero attached hydrogens (tertiary/aromatic N) is 1. The first-order valence-electron chi connectivity index (χ1n) is 7.68. The van der Waals surface area contributed by atoms with Crippen molar-refractivity contribution in [2.75, 3.05) is 6.61 Å². The number of hydrogen-bond acceptors (Lipinski definition) is 3. The number of amides is 1. The number of carbonyl (C=O) groups excluding carboxylic acids is 1. The molecule has 23 heavy (non-hydrogen) atoms. The molecule has 0 aromatic heterocycles. The Balaban J connectivity index is 1.64. The highest BCUT2D eigenvalue weighted by Crippen LogP contribution is 2.27. The first-order valence-corrected chi connectivity index (χ1v) is 7.68. The maximum atomic E-state index is 12.5. The fourth-order valence-corrected chi connectivity index (χ4v) is 2.76. The molecule has 3 rings (SSSR count). The number of benzene rings is 2. The Morgan fingerprint density at radius 2 is 2.00 bits per heavy atom. The molecule has 2 atom stereocenters. The predicted molar refractivity (Wildman–Crippen MR) is 86.8 cm³/mol. The lowest BCUT2D eigenvalue weighted by molar-refractivity contribution is -0.126. The molecule has 1 N–H and O–H groups in total. The van der Waals surface area contributed by atoms with Crippen LogP contribution in [0.5, 0.6) is 5.75 Å². The molecular weight excluding hydrogens is 288 g/mol. The van der Waals surface area contributed by atoms with E-state index < -0.39 is 0 Å². The second-order valence-corrected chi connectivity index (χ2v) is 5.78. The van der Waals surface area contributed by atoms with Gasteiger partial charge in [0.2, 0.25) is 5.91 Å². The maximum absolute atomic E-state index is 12.5. The van der Waals surface area contributed by atoms with Crippen LogP contribution in [0.3, 0.4) is 0 Å². The molecule has 0 saturated heterocycles. The van der Waals surface area contributed by atoms with Crippen LogP contribution in [0.25, 0.3) is 0 Å². The third kappa shape index (κ3) is 3.35. The Morgan fingerprint density at radius 3 is 2.74 bits per heavy atom. The molecule has 0 fully saturated rings. The van der Waals surface area contributed by atoms with Gasteiger partial charge in [0.1, 0.15) is 12.4 Å². The van der Waals surface area contributed by atoms with Crippen molar-refractivity contribution in [1.29, 1.82) is 5.26 Å². The summed E-state index contributed by atoms with van der Waals surface area (Å²) < 4.78 is 5.68. The normalized spacial score (nSPS) is 17.3. The fourth-order valence-electron chi connectivity index (χ4n) is 2.76. The van der Waals surface area contributed by atoms with Crippen LogP contribution in [0.15, 0.2) is 48.5 Å². The summed E-state index contributed by atoms with van der Waals surface area (Å²) in [5, 5.41) is 11.9. The molecule has 2 aromatic rings. The molecule has 4 heteroatoms. The van der Waals surface area contributed by atoms with Crippen LogP contribution in [0.4, 0.5) is 0 Å². The molecule has 4 nitrogen and oxygen atoms in total. The third-order valence-electron chi connectivity index (χ3n) is 4.15. The maximum Gasteiger partial charge on any atom is 0.227 e. The molecule has 1 heterocycles. The van der Waals surface area contributed by atoms with Gasteiger partial charge in [-0.1, -0.05) is 30.3 Å². The van der Waals surface area contributed by atoms with Crippen LogP contribution in [0.2, 0.25) is 0 Å². The van der Waals surface area contributed by atoms with Crippen molar-refractivity contribution in [3.8, 4) is 11.8 Å². The zero-order valence-corrected chi connectivity index (χ0v) is 13.0. The minimum Gasteiger partial charge on any atom is -0.492 e. The topological polar surface area (TPSA) is 62.1 Å². The summed E-state index contributed by atoms with van der Waals surface area (Å²) in [7, 11) is 0. The van der Waals surface area contributed by atoms with E-state index in [9.17, 15) is 4.79 Å². The van der Waals surface area contributed by atoms with E-state index in [1.165, 1.54) is 0 Å². The van der Waals surface area contributed by atoms with Gasteiger partial charge in [0.25, 0.3) is 0 Å². The van der Waals surface area contributed by atoms with E-state index in [1.54, 1.807) is 12.1 Å². The lowest BCUT2D eigenvalue weighted by Crippen LogP contribution is -2.38. The van der Waals surface area contributed by atoms with Crippen molar-refractivity contribution < 1.29 is 9.53 Å². The Kier molecular flexibility index (Phi) is 4.29. The van der Waals surface area contributed by atoms with Gasteiger partial charge >= 0.3 is 0 Å². The van der Waals surface area contributed by atoms with Gasteiger partial charge in [-0.15, -0.1) is 0 Å². The Hall–Kier alpha value is -2.80. The summed E-state index contributed by atoms with van der Waals surface area (Å²) >= 11 is 0. The van der Waals surface area contributed by atoms with Crippen molar-refractivity contribution >= 4 is 5.91 Å². The average Bonchev–Trinajstić information content (AvgIpc) is 2.61. The van der Waals surface area contributed by atoms with Gasteiger partial charge in [0.15, 0.2) is 0 Å². The van der Waals surface area contributed by atoms with Gasteiger partial charge < -0.3 is 10.1 Å². The van der Waals surface area contributed by atoms with E-state index in [-0.39, 0.29) is 17.9 Å². The molecule has 0 bridgehead atoms. The predicted octanol–water partition coefficient (Wildman–Crippen LogP) is 2.99. The summed E-state index contributed by atoms with van der Waals surface area (Å²) in [6.07, 6.45) is 0.697. The molecule has 0 radical (unpaired) electrons. The summed E-state index contributed by atoms with van der Waals surface area (Å²) in [6, 6.07) is 17.1. The quantitative estimate of drug-likeness (QED) is 0.948. The monoisotopic (exact) mass is 306 g/mol. The first-order chi connectivity index (χ1) is 11.2. The number of hydrogen-bond donors (Lipinski definition) is 1. The number of carbonyl (C=O) groups is 1. The number of rotatable bonds is 3. The number of nitriles is 1. The third-order valence-corrected chi connectivity index (χ3v) is 4.15. The van der Waals surface area contributed by atoms with E-state index in [2.05, 4.69) is 11.4 Å². The standard InChI is InChI=1S/C19H18N2O2/c1-13(15-8-6-14(11-20)7-9-15)21-19(22)17-10-16-4-2-3-5-18(16)23-12-17/h2-9,13,17H,10,12H2,1H3,(H,21,22). The Bertz CT molecular complexity index is 747. The summed E-state index contributed by atoms with van der Waals surface area (Å²) in [6.45, 7) is 2.35. The summed E-state index contributed by atoms with van der Waals surface area (Å²) in [5.41, 5.74) is 2.67. The van der Waals surface area contributed by atoms with Gasteiger partial charge in [-0.05, 0) is 42.7 Å². The molecule has 1 aliphatic heterocycles. The van der Waals surface area contributed by atoms with Crippen LogP contribution < -0.4 is 10.1 Å². The van der Waals surface area contributed by atoms with Crippen LogP contribution in [-0.4, -0.2) is 12.5 Å². The summed E-state index contributed by atoms with van der Waals surface area (Å²) in [4.78, 5) is 12.5. The molecule has 2 aromatic carbocycles. The Labute approximate surface area is 135 Å². The van der Waals surface area contributed by atoms with Crippen molar-refractivity contribution in [2.24, 2.45) is 5.92 Å². The minimum absolute atomic E-state index is 0.00337. The van der Waals surface area contributed by atoms with Crippen LogP contribution in [-0.2, 0) is 11.2 Å². The van der Waals surface area contributed by atoms with E-state index in [1.807, 2.05) is 43.3 Å². The van der Waals surface area contributed by atoms with Gasteiger partial charge in [-0.2, -0.15) is 5.26 Å². The fraction of sp³-hybridized carbons (Fsp3) is 0.263. The molecule has 2 unspecified atom stereocenters. The van der Waals surface area contributed by atoms with E-state index in [0.29, 0.717) is 18.6 Å². The van der Waals surface area contributed by atoms with Gasteiger partial charge in [0.05, 0.1) is 23.6 Å². The highest BCUT2D eigenvalue weighted by atomic mass is 16.5.